The van der Waals surface area contributed by atoms with E-state index in [4.69, 9.17) is 5.73 Å². The normalized spacial score (nSPS) is 23.9. The Morgan fingerprint density at radius 3 is 2.67 bits per heavy atom. The van der Waals surface area contributed by atoms with E-state index in [2.05, 4.69) is 21.8 Å². The molecule has 0 aliphatic heterocycles. The first kappa shape index (κ1) is 13.3. The third kappa shape index (κ3) is 3.19. The first-order valence-corrected chi connectivity index (χ1v) is 7.02. The maximum atomic E-state index is 5.99. The number of rotatable bonds is 4. The van der Waals surface area contributed by atoms with Gasteiger partial charge in [-0.1, -0.05) is 6.92 Å². The average Bonchev–Trinajstić information content (AvgIpc) is 2.37. The number of nitrogens with zero attached hydrogens (tertiary/aromatic N) is 3. The van der Waals surface area contributed by atoms with Crippen LogP contribution in [-0.4, -0.2) is 28.6 Å². The summed E-state index contributed by atoms with van der Waals surface area (Å²) in [5.41, 5.74) is 5.99. The molecule has 0 atom stereocenters. The highest BCUT2D eigenvalue weighted by Crippen LogP contribution is 2.25. The van der Waals surface area contributed by atoms with Gasteiger partial charge in [-0.2, -0.15) is 0 Å². The van der Waals surface area contributed by atoms with Crippen LogP contribution in [0.3, 0.4) is 0 Å². The highest BCUT2D eigenvalue weighted by atomic mass is 15.2. The lowest BCUT2D eigenvalue weighted by Gasteiger charge is -2.36. The molecule has 0 radical (unpaired) electrons. The summed E-state index contributed by atoms with van der Waals surface area (Å²) < 4.78 is 0. The van der Waals surface area contributed by atoms with Crippen molar-refractivity contribution < 1.29 is 0 Å². The Kier molecular flexibility index (Phi) is 4.53. The minimum Gasteiger partial charge on any atom is -0.354 e. The van der Waals surface area contributed by atoms with Crippen molar-refractivity contribution in [3.8, 4) is 0 Å². The van der Waals surface area contributed by atoms with Crippen LogP contribution in [0.25, 0.3) is 0 Å². The van der Waals surface area contributed by atoms with Gasteiger partial charge >= 0.3 is 0 Å². The van der Waals surface area contributed by atoms with Crippen LogP contribution < -0.4 is 10.6 Å². The Balaban J connectivity index is 2.12. The van der Waals surface area contributed by atoms with Crippen molar-refractivity contribution in [1.29, 1.82) is 0 Å². The molecule has 0 spiro atoms. The first-order chi connectivity index (χ1) is 8.70. The van der Waals surface area contributed by atoms with Gasteiger partial charge in [0.05, 0.1) is 0 Å². The summed E-state index contributed by atoms with van der Waals surface area (Å²) in [6.07, 6.45) is 7.64. The van der Waals surface area contributed by atoms with Crippen LogP contribution in [0.2, 0.25) is 0 Å². The van der Waals surface area contributed by atoms with E-state index in [0.717, 1.165) is 37.4 Å². The molecular formula is C14H24N4. The molecular weight excluding hydrogens is 224 g/mol. The van der Waals surface area contributed by atoms with Gasteiger partial charge in [0.2, 0.25) is 0 Å². The summed E-state index contributed by atoms with van der Waals surface area (Å²) in [4.78, 5) is 11.2. The topological polar surface area (TPSA) is 55.0 Å². The van der Waals surface area contributed by atoms with Crippen molar-refractivity contribution in [1.82, 2.24) is 9.97 Å². The Labute approximate surface area is 110 Å². The molecule has 0 aromatic carbocycles. The zero-order chi connectivity index (χ0) is 13.0. The molecule has 1 heterocycles. The summed E-state index contributed by atoms with van der Waals surface area (Å²) >= 11 is 0. The highest BCUT2D eigenvalue weighted by molar-refractivity contribution is 5.39. The lowest BCUT2D eigenvalue weighted by Crippen LogP contribution is -2.41. The van der Waals surface area contributed by atoms with E-state index < -0.39 is 0 Å². The second-order valence-corrected chi connectivity index (χ2v) is 5.22. The molecule has 0 unspecified atom stereocenters. The van der Waals surface area contributed by atoms with Crippen LogP contribution in [-0.2, 0) is 0 Å². The van der Waals surface area contributed by atoms with Crippen molar-refractivity contribution in [3.05, 3.63) is 18.1 Å². The molecule has 1 aliphatic rings. The van der Waals surface area contributed by atoms with Crippen molar-refractivity contribution >= 4 is 5.82 Å². The summed E-state index contributed by atoms with van der Waals surface area (Å²) in [5.74, 6) is 1.92. The number of aryl methyl sites for hydroxylation is 1. The predicted molar refractivity (Wildman–Crippen MR) is 74.6 cm³/mol. The second-order valence-electron chi connectivity index (χ2n) is 5.22. The quantitative estimate of drug-likeness (QED) is 0.888. The standard InChI is InChI=1S/C14H24N4/c1-3-10-18(13-6-4-12(15)5-7-13)14-8-9-16-11(2)17-14/h8-9,12-13H,3-7,10,15H2,1-2H3. The summed E-state index contributed by atoms with van der Waals surface area (Å²) in [5, 5.41) is 0. The van der Waals surface area contributed by atoms with Crippen molar-refractivity contribution in [3.63, 3.8) is 0 Å². The highest BCUT2D eigenvalue weighted by Gasteiger charge is 2.24. The third-order valence-corrected chi connectivity index (χ3v) is 3.70. The maximum absolute atomic E-state index is 5.99. The zero-order valence-corrected chi connectivity index (χ0v) is 11.5. The van der Waals surface area contributed by atoms with Gasteiger partial charge in [0.25, 0.3) is 0 Å². The Bertz CT molecular complexity index is 372. The van der Waals surface area contributed by atoms with Crippen LogP contribution in [0.15, 0.2) is 12.3 Å². The molecule has 2 N–H and O–H groups in total. The number of hydrogen-bond acceptors (Lipinski definition) is 4. The van der Waals surface area contributed by atoms with Gasteiger partial charge in [-0.3, -0.25) is 0 Å². The van der Waals surface area contributed by atoms with Crippen molar-refractivity contribution in [2.45, 2.75) is 58.0 Å². The van der Waals surface area contributed by atoms with Crippen molar-refractivity contribution in [2.75, 3.05) is 11.4 Å². The molecule has 1 saturated carbocycles. The van der Waals surface area contributed by atoms with Crippen molar-refractivity contribution in [2.24, 2.45) is 5.73 Å². The van der Waals surface area contributed by atoms with E-state index in [9.17, 15) is 0 Å². The SMILES string of the molecule is CCCN(c1ccnc(C)n1)C1CCC(N)CC1. The van der Waals surface area contributed by atoms with E-state index in [-0.39, 0.29) is 0 Å². The van der Waals surface area contributed by atoms with Crippen LogP contribution in [0, 0.1) is 6.92 Å². The molecule has 0 bridgehead atoms. The second kappa shape index (κ2) is 6.14. The van der Waals surface area contributed by atoms with Crippen LogP contribution in [0.4, 0.5) is 5.82 Å². The Morgan fingerprint density at radius 1 is 1.33 bits per heavy atom. The summed E-state index contributed by atoms with van der Waals surface area (Å²) in [6.45, 7) is 5.23. The Hall–Kier alpha value is -1.16. The van der Waals surface area contributed by atoms with Gasteiger partial charge in [-0.15, -0.1) is 0 Å². The monoisotopic (exact) mass is 248 g/mol. The fraction of sp³-hybridized carbons (Fsp3) is 0.714. The zero-order valence-electron chi connectivity index (χ0n) is 11.5. The van der Waals surface area contributed by atoms with E-state index in [1.54, 1.807) is 0 Å². The van der Waals surface area contributed by atoms with Gasteiger partial charge in [0, 0.05) is 24.8 Å². The van der Waals surface area contributed by atoms with Gasteiger partial charge in [-0.25, -0.2) is 9.97 Å². The van der Waals surface area contributed by atoms with E-state index in [0.29, 0.717) is 12.1 Å². The molecule has 1 aromatic rings. The number of hydrogen-bond donors (Lipinski definition) is 1. The predicted octanol–water partition coefficient (Wildman–Crippen LogP) is 2.27. The fourth-order valence-electron chi connectivity index (χ4n) is 2.74. The van der Waals surface area contributed by atoms with E-state index >= 15 is 0 Å². The van der Waals surface area contributed by atoms with Gasteiger partial charge in [0.1, 0.15) is 11.6 Å². The molecule has 1 aliphatic carbocycles. The lowest BCUT2D eigenvalue weighted by molar-refractivity contribution is 0.374. The molecule has 4 heteroatoms. The third-order valence-electron chi connectivity index (χ3n) is 3.70. The number of aromatic nitrogens is 2. The molecule has 0 saturated heterocycles. The maximum Gasteiger partial charge on any atom is 0.132 e. The van der Waals surface area contributed by atoms with Crippen LogP contribution in [0.5, 0.6) is 0 Å². The van der Waals surface area contributed by atoms with Gasteiger partial charge in [-0.05, 0) is 45.1 Å². The lowest BCUT2D eigenvalue weighted by atomic mass is 9.90. The van der Waals surface area contributed by atoms with E-state index in [1.165, 1.54) is 12.8 Å². The van der Waals surface area contributed by atoms with Crippen LogP contribution >= 0.6 is 0 Å². The fourth-order valence-corrected chi connectivity index (χ4v) is 2.74. The summed E-state index contributed by atoms with van der Waals surface area (Å²) in [7, 11) is 0. The molecule has 4 nitrogen and oxygen atoms in total. The minimum atomic E-state index is 0.400. The van der Waals surface area contributed by atoms with Gasteiger partial charge in [0.15, 0.2) is 0 Å². The smallest absolute Gasteiger partial charge is 0.132 e. The molecule has 18 heavy (non-hydrogen) atoms. The largest absolute Gasteiger partial charge is 0.354 e. The van der Waals surface area contributed by atoms with E-state index in [1.807, 2.05) is 19.2 Å². The molecule has 2 rings (SSSR count). The molecule has 1 aromatic heterocycles. The average molecular weight is 248 g/mol. The van der Waals surface area contributed by atoms with Crippen LogP contribution in [0.1, 0.15) is 44.9 Å². The Morgan fingerprint density at radius 2 is 2.06 bits per heavy atom. The summed E-state index contributed by atoms with van der Waals surface area (Å²) in [6, 6.07) is 3.02. The molecule has 1 fully saturated rings. The van der Waals surface area contributed by atoms with Gasteiger partial charge < -0.3 is 10.6 Å². The molecule has 100 valence electrons. The number of nitrogens with two attached hydrogens (primary N) is 1. The number of anilines is 1. The minimum absolute atomic E-state index is 0.400. The first-order valence-electron chi connectivity index (χ1n) is 7.02. The molecule has 0 amide bonds.